The highest BCUT2D eigenvalue weighted by atomic mass is 19.1. The minimum absolute atomic E-state index is 0.281. The van der Waals surface area contributed by atoms with Crippen LogP contribution in [0.15, 0.2) is 42.5 Å². The minimum Gasteiger partial charge on any atom is -0.486 e. The van der Waals surface area contributed by atoms with Gasteiger partial charge in [0.15, 0.2) is 11.5 Å². The molecule has 0 amide bonds. The second-order valence-electron chi connectivity index (χ2n) is 4.81. The number of fused-ring (bicyclic) bond motifs is 1. The van der Waals surface area contributed by atoms with Gasteiger partial charge in [-0.3, -0.25) is 0 Å². The molecule has 110 valence electrons. The SMILES string of the molecule is OC(CNc1ccc2c(c1)OCCO2)c1cccc(F)c1. The summed E-state index contributed by atoms with van der Waals surface area (Å²) < 4.78 is 24.1. The molecule has 3 rings (SSSR count). The Morgan fingerprint density at radius 3 is 2.71 bits per heavy atom. The molecule has 21 heavy (non-hydrogen) atoms. The first-order chi connectivity index (χ1) is 10.2. The van der Waals surface area contributed by atoms with Crippen molar-refractivity contribution in [2.75, 3.05) is 25.1 Å². The van der Waals surface area contributed by atoms with E-state index in [-0.39, 0.29) is 12.4 Å². The van der Waals surface area contributed by atoms with Crippen molar-refractivity contribution in [2.24, 2.45) is 0 Å². The lowest BCUT2D eigenvalue weighted by molar-refractivity contribution is 0.171. The van der Waals surface area contributed by atoms with Gasteiger partial charge in [-0.25, -0.2) is 4.39 Å². The molecule has 1 aliphatic rings. The summed E-state index contributed by atoms with van der Waals surface area (Å²) >= 11 is 0. The van der Waals surface area contributed by atoms with Crippen molar-refractivity contribution >= 4 is 5.69 Å². The third-order valence-corrected chi connectivity index (χ3v) is 3.28. The summed E-state index contributed by atoms with van der Waals surface area (Å²) in [6.07, 6.45) is -0.783. The first-order valence-corrected chi connectivity index (χ1v) is 6.79. The molecule has 4 nitrogen and oxygen atoms in total. The Labute approximate surface area is 122 Å². The van der Waals surface area contributed by atoms with Gasteiger partial charge < -0.3 is 19.9 Å². The van der Waals surface area contributed by atoms with Crippen LogP contribution in [0.5, 0.6) is 11.5 Å². The number of benzene rings is 2. The number of halogens is 1. The van der Waals surface area contributed by atoms with Gasteiger partial charge >= 0.3 is 0 Å². The van der Waals surface area contributed by atoms with E-state index in [9.17, 15) is 9.50 Å². The van der Waals surface area contributed by atoms with Gasteiger partial charge in [0.05, 0.1) is 6.10 Å². The summed E-state index contributed by atoms with van der Waals surface area (Å²) in [5, 5.41) is 13.2. The van der Waals surface area contributed by atoms with Gasteiger partial charge in [-0.15, -0.1) is 0 Å². The van der Waals surface area contributed by atoms with E-state index >= 15 is 0 Å². The Morgan fingerprint density at radius 1 is 1.10 bits per heavy atom. The molecule has 2 N–H and O–H groups in total. The van der Waals surface area contributed by atoms with Crippen LogP contribution in [0.1, 0.15) is 11.7 Å². The summed E-state index contributed by atoms with van der Waals surface area (Å²) in [6, 6.07) is 11.5. The molecule has 0 fully saturated rings. The normalized spacial score (nSPS) is 14.6. The predicted molar refractivity (Wildman–Crippen MR) is 77.3 cm³/mol. The zero-order valence-electron chi connectivity index (χ0n) is 11.4. The molecule has 0 aromatic heterocycles. The Hall–Kier alpha value is -2.27. The molecule has 0 aliphatic carbocycles. The Morgan fingerprint density at radius 2 is 1.90 bits per heavy atom. The molecule has 2 aromatic rings. The number of ether oxygens (including phenoxy) is 2. The van der Waals surface area contributed by atoms with Gasteiger partial charge in [0.2, 0.25) is 0 Å². The number of anilines is 1. The quantitative estimate of drug-likeness (QED) is 0.908. The van der Waals surface area contributed by atoms with E-state index in [4.69, 9.17) is 9.47 Å². The van der Waals surface area contributed by atoms with E-state index in [1.807, 2.05) is 18.2 Å². The van der Waals surface area contributed by atoms with E-state index in [0.717, 1.165) is 11.4 Å². The van der Waals surface area contributed by atoms with Crippen molar-refractivity contribution in [1.82, 2.24) is 0 Å². The Kier molecular flexibility index (Phi) is 3.92. The first-order valence-electron chi connectivity index (χ1n) is 6.79. The maximum Gasteiger partial charge on any atom is 0.163 e. The summed E-state index contributed by atoms with van der Waals surface area (Å²) in [5.41, 5.74) is 1.36. The molecule has 5 heteroatoms. The zero-order chi connectivity index (χ0) is 14.7. The molecule has 1 aliphatic heterocycles. The van der Waals surface area contributed by atoms with Crippen LogP contribution >= 0.6 is 0 Å². The fourth-order valence-corrected chi connectivity index (χ4v) is 2.20. The third-order valence-electron chi connectivity index (χ3n) is 3.28. The van der Waals surface area contributed by atoms with Crippen LogP contribution in [0.3, 0.4) is 0 Å². The van der Waals surface area contributed by atoms with Crippen molar-refractivity contribution in [3.05, 3.63) is 53.8 Å². The van der Waals surface area contributed by atoms with Gasteiger partial charge in [0.1, 0.15) is 19.0 Å². The molecule has 0 saturated carbocycles. The van der Waals surface area contributed by atoms with Crippen LogP contribution in [0.4, 0.5) is 10.1 Å². The second kappa shape index (κ2) is 6.01. The topological polar surface area (TPSA) is 50.7 Å². The Bertz CT molecular complexity index is 633. The molecule has 2 aromatic carbocycles. The van der Waals surface area contributed by atoms with Crippen molar-refractivity contribution in [3.8, 4) is 11.5 Å². The summed E-state index contributed by atoms with van der Waals surface area (Å²) in [5.74, 6) is 1.05. The fourth-order valence-electron chi connectivity index (χ4n) is 2.20. The number of hydrogen-bond donors (Lipinski definition) is 2. The van der Waals surface area contributed by atoms with E-state index < -0.39 is 6.10 Å². The highest BCUT2D eigenvalue weighted by Gasteiger charge is 2.13. The highest BCUT2D eigenvalue weighted by Crippen LogP contribution is 2.32. The van der Waals surface area contributed by atoms with Crippen molar-refractivity contribution in [3.63, 3.8) is 0 Å². The lowest BCUT2D eigenvalue weighted by Crippen LogP contribution is -2.16. The maximum atomic E-state index is 13.1. The standard InChI is InChI=1S/C16H16FNO3/c17-12-3-1-2-11(8-12)14(19)10-18-13-4-5-15-16(9-13)21-7-6-20-15/h1-5,8-9,14,18-19H,6-7,10H2. The lowest BCUT2D eigenvalue weighted by Gasteiger charge is -2.20. The lowest BCUT2D eigenvalue weighted by atomic mass is 10.1. The second-order valence-corrected chi connectivity index (χ2v) is 4.81. The maximum absolute atomic E-state index is 13.1. The number of hydrogen-bond acceptors (Lipinski definition) is 4. The monoisotopic (exact) mass is 289 g/mol. The molecule has 1 atom stereocenters. The van der Waals surface area contributed by atoms with Crippen LogP contribution in [0.25, 0.3) is 0 Å². The van der Waals surface area contributed by atoms with E-state index in [0.29, 0.717) is 24.5 Å². The van der Waals surface area contributed by atoms with Gasteiger partial charge in [-0.2, -0.15) is 0 Å². The third kappa shape index (κ3) is 3.25. The summed E-state index contributed by atoms with van der Waals surface area (Å²) in [7, 11) is 0. The summed E-state index contributed by atoms with van der Waals surface area (Å²) in [4.78, 5) is 0. The molecule has 1 unspecified atom stereocenters. The van der Waals surface area contributed by atoms with Crippen molar-refractivity contribution < 1.29 is 19.0 Å². The molecule has 0 saturated heterocycles. The fraction of sp³-hybridized carbons (Fsp3) is 0.250. The van der Waals surface area contributed by atoms with Crippen LogP contribution in [-0.2, 0) is 0 Å². The zero-order valence-corrected chi connectivity index (χ0v) is 11.4. The van der Waals surface area contributed by atoms with Crippen LogP contribution in [0, 0.1) is 5.82 Å². The van der Waals surface area contributed by atoms with Gasteiger partial charge in [-0.05, 0) is 29.8 Å². The van der Waals surface area contributed by atoms with E-state index in [1.165, 1.54) is 12.1 Å². The van der Waals surface area contributed by atoms with Gasteiger partial charge in [0, 0.05) is 18.3 Å². The largest absolute Gasteiger partial charge is 0.486 e. The number of aliphatic hydroxyl groups excluding tert-OH is 1. The van der Waals surface area contributed by atoms with Crippen LogP contribution < -0.4 is 14.8 Å². The van der Waals surface area contributed by atoms with Gasteiger partial charge in [-0.1, -0.05) is 12.1 Å². The molecular formula is C16H16FNO3. The number of nitrogens with one attached hydrogen (secondary N) is 1. The van der Waals surface area contributed by atoms with E-state index in [1.54, 1.807) is 12.1 Å². The average molecular weight is 289 g/mol. The first kappa shape index (κ1) is 13.7. The van der Waals surface area contributed by atoms with Crippen LogP contribution in [0.2, 0.25) is 0 Å². The molecule has 0 spiro atoms. The Balaban J connectivity index is 1.64. The van der Waals surface area contributed by atoms with E-state index in [2.05, 4.69) is 5.32 Å². The van der Waals surface area contributed by atoms with Crippen molar-refractivity contribution in [2.45, 2.75) is 6.10 Å². The van der Waals surface area contributed by atoms with Crippen molar-refractivity contribution in [1.29, 1.82) is 0 Å². The number of rotatable bonds is 4. The summed E-state index contributed by atoms with van der Waals surface area (Å²) in [6.45, 7) is 1.36. The molecule has 0 bridgehead atoms. The number of aliphatic hydroxyl groups is 1. The predicted octanol–water partition coefficient (Wildman–Crippen LogP) is 2.74. The molecular weight excluding hydrogens is 273 g/mol. The highest BCUT2D eigenvalue weighted by molar-refractivity contribution is 5.55. The van der Waals surface area contributed by atoms with Gasteiger partial charge in [0.25, 0.3) is 0 Å². The molecule has 0 radical (unpaired) electrons. The average Bonchev–Trinajstić information content (AvgIpc) is 2.52. The minimum atomic E-state index is -0.783. The van der Waals surface area contributed by atoms with Crippen LogP contribution in [-0.4, -0.2) is 24.9 Å². The smallest absolute Gasteiger partial charge is 0.163 e. The molecule has 1 heterocycles.